The van der Waals surface area contributed by atoms with E-state index in [9.17, 15) is 46.8 Å². The molecule has 3 aliphatic heterocycles. The molecule has 2 fully saturated rings. The van der Waals surface area contributed by atoms with Gasteiger partial charge in [-0.1, -0.05) is 92.7 Å². The summed E-state index contributed by atoms with van der Waals surface area (Å²) in [7, 11) is -2.94. The zero-order valence-corrected chi connectivity index (χ0v) is 52.5. The van der Waals surface area contributed by atoms with Gasteiger partial charge >= 0.3 is 36.1 Å². The van der Waals surface area contributed by atoms with Crippen LogP contribution in [0.1, 0.15) is 88.5 Å². The van der Waals surface area contributed by atoms with Crippen molar-refractivity contribution in [1.29, 1.82) is 0 Å². The lowest BCUT2D eigenvalue weighted by Crippen LogP contribution is -2.64. The van der Waals surface area contributed by atoms with Crippen molar-refractivity contribution < 1.29 is 84.7 Å². The van der Waals surface area contributed by atoms with E-state index in [2.05, 4.69) is 20.9 Å². The van der Waals surface area contributed by atoms with Gasteiger partial charge in [-0.15, -0.1) is 0 Å². The number of ether oxygens (including phenoxy) is 8. The zero-order chi connectivity index (χ0) is 65.8. The molecule has 0 radical (unpaired) electrons. The predicted octanol–water partition coefficient (Wildman–Crippen LogP) is 7.26. The van der Waals surface area contributed by atoms with E-state index in [1.54, 1.807) is 18.2 Å². The number of benzene rings is 5. The normalized spacial score (nSPS) is 18.5. The number of aliphatic imine (C=N–C) groups is 1. The van der Waals surface area contributed by atoms with Gasteiger partial charge in [-0.05, 0) is 88.2 Å². The molecule has 5 N–H and O–H groups in total. The molecule has 26 heteroatoms. The summed E-state index contributed by atoms with van der Waals surface area (Å²) in [4.78, 5) is 111. The van der Waals surface area contributed by atoms with Gasteiger partial charge in [0.1, 0.15) is 24.8 Å². The van der Waals surface area contributed by atoms with Crippen LogP contribution < -0.4 is 26.4 Å². The summed E-state index contributed by atoms with van der Waals surface area (Å²) in [6.07, 6.45) is -7.00. The fraction of sp³-hybridized carbons (Fsp3) is 0.379. The molecule has 4 amide bonds. The fourth-order valence-electron chi connectivity index (χ4n) is 11.3. The first kappa shape index (κ1) is 66.8. The second kappa shape index (κ2) is 30.0. The summed E-state index contributed by atoms with van der Waals surface area (Å²) in [5.41, 5.74) is 13.8. The second-order valence-electron chi connectivity index (χ2n) is 22.4. The van der Waals surface area contributed by atoms with E-state index in [0.717, 1.165) is 63.0 Å². The first-order valence-corrected chi connectivity index (χ1v) is 31.5. The summed E-state index contributed by atoms with van der Waals surface area (Å²) < 4.78 is 73.9. The van der Waals surface area contributed by atoms with Crippen LogP contribution in [0.4, 0.5) is 21.0 Å². The number of hydrogen-bond acceptors (Lipinski definition) is 20. The molecule has 2 saturated heterocycles. The standard InChI is InChI=1S/C66H73N7O18S/c1-7-26-72(27-8-2)62(78)46-29-45-22-21-44(31-53(45)70-56(67)32-46)43-14-13-15-47(30-43)92(82,83)73-34-42(35-73)33-69-66(81)85-36-41-20-23-55(90-64-61(89-40(5)76)59(88-39(4)75)58(87-38(3)74)60(91-64)63(79)84-6)54(28-41)71-57(77)24-25-68-65(80)86-37-52-50-18-11-9-16-48(50)49-17-10-12-19-51(49)52/h9-23,28-31,42,52,58-61,64H,7-8,24-27,32-37H2,1-6H3,(H2,67,70)(H,68,80)(H,69,81)(H,71,77). The molecular formula is C66H73N7O18S. The number of sulfonamides is 1. The van der Waals surface area contributed by atoms with Crippen LogP contribution in [0.25, 0.3) is 28.3 Å². The number of nitrogens with zero attached hydrogens (tertiary/aromatic N) is 3. The summed E-state index contributed by atoms with van der Waals surface area (Å²) in [5, 5.41) is 7.98. The Morgan fingerprint density at radius 2 is 1.37 bits per heavy atom. The molecule has 5 unspecified atom stereocenters. The Labute approximate surface area is 531 Å². The Bertz CT molecular complexity index is 3760. The number of amides is 4. The number of carbonyl (C=O) groups excluding carboxylic acids is 8. The molecule has 92 heavy (non-hydrogen) atoms. The lowest BCUT2D eigenvalue weighted by molar-refractivity contribution is -0.282. The van der Waals surface area contributed by atoms with Gasteiger partial charge < -0.3 is 64.5 Å². The smallest absolute Gasteiger partial charge is 0.407 e. The maximum absolute atomic E-state index is 14.0. The zero-order valence-electron chi connectivity index (χ0n) is 51.7. The summed E-state index contributed by atoms with van der Waals surface area (Å²) >= 11 is 0. The molecule has 5 atom stereocenters. The predicted molar refractivity (Wildman–Crippen MR) is 334 cm³/mol. The van der Waals surface area contributed by atoms with Crippen LogP contribution in [0.15, 0.2) is 125 Å². The van der Waals surface area contributed by atoms with E-state index in [1.165, 1.54) is 28.6 Å². The third-order valence-corrected chi connectivity index (χ3v) is 17.4. The molecule has 1 aliphatic carbocycles. The van der Waals surface area contributed by atoms with Crippen LogP contribution in [0, 0.1) is 5.92 Å². The van der Waals surface area contributed by atoms with E-state index < -0.39 is 82.7 Å². The maximum Gasteiger partial charge on any atom is 0.407 e. The molecule has 0 spiro atoms. The SMILES string of the molecule is CCCN(CCC)C(=O)C1=Cc2ccc(-c3cccc(S(=O)(=O)N4CC(CNC(=O)OCc5ccc(OC6OC(C(=O)OC)C(OC(C)=O)C(OC(C)=O)C6OC(C)=O)c(NC(=O)CCNC(=O)OCC6c7ccccc7-c7ccccc76)c5)C4)c3)cc2N=C(N)C1. The Morgan fingerprint density at radius 1 is 0.728 bits per heavy atom. The van der Waals surface area contributed by atoms with Crippen molar-refractivity contribution in [2.24, 2.45) is 16.6 Å². The Kier molecular flexibility index (Phi) is 21.7. The number of nitrogens with one attached hydrogen (secondary N) is 3. The molecule has 5 aromatic carbocycles. The minimum atomic E-state index is -3.97. The molecule has 25 nitrogen and oxygen atoms in total. The first-order chi connectivity index (χ1) is 44.1. The first-order valence-electron chi connectivity index (χ1n) is 30.1. The maximum atomic E-state index is 14.0. The highest BCUT2D eigenvalue weighted by Crippen LogP contribution is 2.45. The van der Waals surface area contributed by atoms with Gasteiger partial charge in [-0.2, -0.15) is 4.31 Å². The van der Waals surface area contributed by atoms with Crippen molar-refractivity contribution in [3.63, 3.8) is 0 Å². The van der Waals surface area contributed by atoms with E-state index in [1.807, 2.05) is 91.6 Å². The highest BCUT2D eigenvalue weighted by atomic mass is 32.2. The molecule has 9 rings (SSSR count). The molecule has 5 aromatic rings. The molecule has 0 saturated carbocycles. The van der Waals surface area contributed by atoms with Crippen molar-refractivity contribution in [3.05, 3.63) is 137 Å². The van der Waals surface area contributed by atoms with Crippen LogP contribution in [-0.2, 0) is 78.6 Å². The van der Waals surface area contributed by atoms with Crippen LogP contribution in [0.3, 0.4) is 0 Å². The van der Waals surface area contributed by atoms with Gasteiger partial charge in [0.2, 0.25) is 34.2 Å². The average Bonchev–Trinajstić information content (AvgIpc) is 1.36. The number of anilines is 1. The number of nitrogens with two attached hydrogens (primary N) is 1. The molecule has 4 aliphatic rings. The van der Waals surface area contributed by atoms with Crippen molar-refractivity contribution in [2.75, 3.05) is 58.3 Å². The van der Waals surface area contributed by atoms with E-state index in [4.69, 9.17) is 43.6 Å². The summed E-state index contributed by atoms with van der Waals surface area (Å²) in [6.45, 7) is 8.12. The van der Waals surface area contributed by atoms with E-state index >= 15 is 0 Å². The largest absolute Gasteiger partial charge is 0.467 e. The number of carbonyl (C=O) groups is 8. The number of amidine groups is 1. The minimum absolute atomic E-state index is 0.0320. The Morgan fingerprint density at radius 3 is 2.03 bits per heavy atom. The van der Waals surface area contributed by atoms with Gasteiger partial charge in [0.25, 0.3) is 0 Å². The molecule has 486 valence electrons. The van der Waals surface area contributed by atoms with Crippen molar-refractivity contribution in [3.8, 4) is 28.0 Å². The van der Waals surface area contributed by atoms with Gasteiger partial charge in [0, 0.05) is 95.9 Å². The van der Waals surface area contributed by atoms with E-state index in [0.29, 0.717) is 46.6 Å². The van der Waals surface area contributed by atoms with Crippen LogP contribution in [0.2, 0.25) is 0 Å². The highest BCUT2D eigenvalue weighted by Gasteiger charge is 2.56. The quantitative estimate of drug-likeness (QED) is 0.0349. The summed E-state index contributed by atoms with van der Waals surface area (Å²) in [5.74, 6) is -4.96. The van der Waals surface area contributed by atoms with Gasteiger partial charge in [0.05, 0.1) is 23.4 Å². The summed E-state index contributed by atoms with van der Waals surface area (Å²) in [6, 6.07) is 31.9. The lowest BCUT2D eigenvalue weighted by atomic mass is 9.97. The number of alkyl carbamates (subject to hydrolysis) is 2. The Hall–Kier alpha value is -9.66. The van der Waals surface area contributed by atoms with Crippen LogP contribution >= 0.6 is 0 Å². The third kappa shape index (κ3) is 16.1. The number of methoxy groups -OCH3 is 1. The second-order valence-corrected chi connectivity index (χ2v) is 24.3. The number of hydrogen-bond donors (Lipinski definition) is 4. The van der Waals surface area contributed by atoms with Crippen LogP contribution in [0.5, 0.6) is 5.75 Å². The molecule has 0 bridgehead atoms. The van der Waals surface area contributed by atoms with Gasteiger partial charge in [-0.25, -0.2) is 27.8 Å². The number of esters is 4. The average molecular weight is 1280 g/mol. The molecule has 0 aromatic heterocycles. The number of fused-ring (bicyclic) bond motifs is 4. The van der Waals surface area contributed by atoms with Gasteiger partial charge in [-0.3, -0.25) is 24.0 Å². The topological polar surface area (TPSA) is 325 Å². The van der Waals surface area contributed by atoms with E-state index in [-0.39, 0.29) is 92.1 Å². The minimum Gasteiger partial charge on any atom is -0.467 e. The Balaban J connectivity index is 0.839. The van der Waals surface area contributed by atoms with Gasteiger partial charge in [0.15, 0.2) is 18.3 Å². The molecular weight excluding hydrogens is 1210 g/mol. The monoisotopic (exact) mass is 1280 g/mol. The highest BCUT2D eigenvalue weighted by molar-refractivity contribution is 7.89. The lowest BCUT2D eigenvalue weighted by Gasteiger charge is -2.43. The van der Waals surface area contributed by atoms with Crippen molar-refractivity contribution in [2.45, 2.75) is 108 Å². The third-order valence-electron chi connectivity index (χ3n) is 15.5. The molecule has 3 heterocycles. The number of rotatable bonds is 24. The van der Waals surface area contributed by atoms with Crippen LogP contribution in [-0.4, -0.2) is 155 Å². The van der Waals surface area contributed by atoms with Crippen molar-refractivity contribution in [1.82, 2.24) is 19.8 Å². The van der Waals surface area contributed by atoms with Crippen molar-refractivity contribution >= 4 is 81.2 Å². The fourth-order valence-corrected chi connectivity index (χ4v) is 13.0.